The molecule has 0 spiro atoms. The second-order valence-corrected chi connectivity index (χ2v) is 7.00. The van der Waals surface area contributed by atoms with Crippen molar-refractivity contribution in [2.24, 2.45) is 5.73 Å². The van der Waals surface area contributed by atoms with Crippen molar-refractivity contribution < 1.29 is 19.1 Å². The van der Waals surface area contributed by atoms with Gasteiger partial charge in [-0.25, -0.2) is 14.6 Å². The molecule has 154 valence electrons. The van der Waals surface area contributed by atoms with Crippen LogP contribution in [0.3, 0.4) is 0 Å². The van der Waals surface area contributed by atoms with Crippen LogP contribution in [0.1, 0.15) is 17.3 Å². The molecule has 0 bridgehead atoms. The van der Waals surface area contributed by atoms with Crippen LogP contribution in [0.5, 0.6) is 0 Å². The number of hydrogen-bond donors (Lipinski definition) is 2. The first kappa shape index (κ1) is 20.0. The number of hydrogen-bond acceptors (Lipinski definition) is 5. The van der Waals surface area contributed by atoms with E-state index in [-0.39, 0.29) is 5.56 Å². The number of primary amides is 1. The Balaban J connectivity index is 1.79. The fourth-order valence-corrected chi connectivity index (χ4v) is 3.43. The van der Waals surface area contributed by atoms with Gasteiger partial charge in [0.05, 0.1) is 16.8 Å². The molecule has 1 aromatic heterocycles. The Morgan fingerprint density at radius 3 is 2.39 bits per heavy atom. The Hall–Kier alpha value is -4.26. The Kier molecular flexibility index (Phi) is 5.32. The first-order valence-electron chi connectivity index (χ1n) is 9.63. The van der Waals surface area contributed by atoms with Crippen molar-refractivity contribution in [3.8, 4) is 11.3 Å². The van der Waals surface area contributed by atoms with Gasteiger partial charge in [0.15, 0.2) is 6.10 Å². The molecular formula is C24H19N3O4. The number of amides is 3. The summed E-state index contributed by atoms with van der Waals surface area (Å²) in [6.45, 7) is 1.37. The van der Waals surface area contributed by atoms with Crippen LogP contribution in [0.25, 0.3) is 32.9 Å². The van der Waals surface area contributed by atoms with Gasteiger partial charge in [0.1, 0.15) is 0 Å². The predicted octanol–water partition coefficient (Wildman–Crippen LogP) is 3.80. The lowest BCUT2D eigenvalue weighted by atomic mass is 9.99. The molecule has 0 aliphatic heterocycles. The lowest BCUT2D eigenvalue weighted by Crippen LogP contribution is -2.42. The molecule has 0 saturated carbocycles. The van der Waals surface area contributed by atoms with Gasteiger partial charge in [-0.05, 0) is 29.8 Å². The highest BCUT2D eigenvalue weighted by Crippen LogP contribution is 2.30. The van der Waals surface area contributed by atoms with E-state index in [0.29, 0.717) is 16.6 Å². The van der Waals surface area contributed by atoms with Crippen molar-refractivity contribution in [3.05, 3.63) is 78.4 Å². The Morgan fingerprint density at radius 2 is 1.61 bits per heavy atom. The third-order valence-electron chi connectivity index (χ3n) is 4.90. The number of aromatic nitrogens is 1. The van der Waals surface area contributed by atoms with Gasteiger partial charge < -0.3 is 10.5 Å². The van der Waals surface area contributed by atoms with Crippen LogP contribution in [-0.2, 0) is 9.53 Å². The largest absolute Gasteiger partial charge is 0.449 e. The lowest BCUT2D eigenvalue weighted by Gasteiger charge is -2.14. The van der Waals surface area contributed by atoms with E-state index in [1.54, 1.807) is 18.2 Å². The van der Waals surface area contributed by atoms with Gasteiger partial charge in [-0.2, -0.15) is 0 Å². The molecular weight excluding hydrogens is 394 g/mol. The van der Waals surface area contributed by atoms with Crippen LogP contribution >= 0.6 is 0 Å². The minimum Gasteiger partial charge on any atom is -0.449 e. The van der Waals surface area contributed by atoms with Crippen molar-refractivity contribution in [3.63, 3.8) is 0 Å². The number of nitrogens with two attached hydrogens (primary N) is 1. The van der Waals surface area contributed by atoms with Gasteiger partial charge in [0, 0.05) is 10.9 Å². The number of rotatable bonds is 4. The number of nitrogens with zero attached hydrogens (tertiary/aromatic N) is 1. The molecule has 0 radical (unpaired) electrons. The molecule has 4 aromatic rings. The summed E-state index contributed by atoms with van der Waals surface area (Å²) >= 11 is 0. The highest BCUT2D eigenvalue weighted by Gasteiger charge is 2.22. The van der Waals surface area contributed by atoms with Crippen LogP contribution in [0, 0.1) is 0 Å². The summed E-state index contributed by atoms with van der Waals surface area (Å²) in [7, 11) is 0. The summed E-state index contributed by atoms with van der Waals surface area (Å²) < 4.78 is 5.30. The number of carbonyl (C=O) groups excluding carboxylic acids is 3. The summed E-state index contributed by atoms with van der Waals surface area (Å²) in [5.74, 6) is -1.50. The van der Waals surface area contributed by atoms with E-state index in [1.165, 1.54) is 6.92 Å². The van der Waals surface area contributed by atoms with E-state index in [0.717, 1.165) is 16.3 Å². The third kappa shape index (κ3) is 4.06. The van der Waals surface area contributed by atoms with Gasteiger partial charge in [-0.1, -0.05) is 60.7 Å². The smallest absolute Gasteiger partial charge is 0.339 e. The number of carbonyl (C=O) groups is 3. The number of imide groups is 1. The van der Waals surface area contributed by atoms with Crippen LogP contribution in [0.15, 0.2) is 72.8 Å². The van der Waals surface area contributed by atoms with Gasteiger partial charge in [0.25, 0.3) is 5.91 Å². The van der Waals surface area contributed by atoms with Crippen molar-refractivity contribution in [2.75, 3.05) is 0 Å². The number of para-hydroxylation sites is 1. The molecule has 7 nitrogen and oxygen atoms in total. The van der Waals surface area contributed by atoms with E-state index in [9.17, 15) is 14.4 Å². The van der Waals surface area contributed by atoms with E-state index in [1.807, 2.05) is 59.9 Å². The fourth-order valence-electron chi connectivity index (χ4n) is 3.43. The molecule has 7 heteroatoms. The topological polar surface area (TPSA) is 111 Å². The molecule has 0 aliphatic rings. The summed E-state index contributed by atoms with van der Waals surface area (Å²) in [4.78, 5) is 40.5. The number of fused-ring (bicyclic) bond motifs is 2. The molecule has 3 aromatic carbocycles. The summed E-state index contributed by atoms with van der Waals surface area (Å²) in [6.07, 6.45) is -1.20. The predicted molar refractivity (Wildman–Crippen MR) is 117 cm³/mol. The standard InChI is InChI=1S/C24H19N3O4/c1-14(22(28)27-24(25)30)31-23(29)19-13-21(26-20-12-5-4-10-18(19)20)17-11-6-8-15-7-2-3-9-16(15)17/h2-14H,1H3,(H3,25,27,28,30)/t14-/m1/s1. The lowest BCUT2D eigenvalue weighted by molar-refractivity contribution is -0.127. The fraction of sp³-hybridized carbons (Fsp3) is 0.0833. The van der Waals surface area contributed by atoms with Gasteiger partial charge in [0.2, 0.25) is 0 Å². The average molecular weight is 413 g/mol. The number of benzene rings is 3. The second-order valence-electron chi connectivity index (χ2n) is 7.00. The maximum Gasteiger partial charge on any atom is 0.339 e. The molecule has 0 saturated heterocycles. The van der Waals surface area contributed by atoms with E-state index in [4.69, 9.17) is 15.5 Å². The highest BCUT2D eigenvalue weighted by molar-refractivity contribution is 6.07. The van der Waals surface area contributed by atoms with E-state index < -0.39 is 24.0 Å². The Labute approximate surface area is 177 Å². The normalized spacial score (nSPS) is 11.8. The minimum absolute atomic E-state index is 0.271. The molecule has 0 aliphatic carbocycles. The van der Waals surface area contributed by atoms with Crippen molar-refractivity contribution in [1.82, 2.24) is 10.3 Å². The van der Waals surface area contributed by atoms with E-state index >= 15 is 0 Å². The Morgan fingerprint density at radius 1 is 0.935 bits per heavy atom. The summed E-state index contributed by atoms with van der Waals surface area (Å²) in [6, 6.07) is 21.6. The van der Waals surface area contributed by atoms with E-state index in [2.05, 4.69) is 0 Å². The highest BCUT2D eigenvalue weighted by atomic mass is 16.5. The minimum atomic E-state index is -1.20. The zero-order chi connectivity index (χ0) is 22.0. The van der Waals surface area contributed by atoms with Gasteiger partial charge in [-0.3, -0.25) is 10.1 Å². The number of esters is 1. The first-order valence-corrected chi connectivity index (χ1v) is 9.63. The average Bonchev–Trinajstić information content (AvgIpc) is 2.77. The van der Waals surface area contributed by atoms with Crippen LogP contribution in [-0.4, -0.2) is 29.0 Å². The molecule has 4 rings (SSSR count). The molecule has 0 fully saturated rings. The third-order valence-corrected chi connectivity index (χ3v) is 4.90. The summed E-state index contributed by atoms with van der Waals surface area (Å²) in [5, 5.41) is 4.55. The SMILES string of the molecule is C[C@@H](OC(=O)c1cc(-c2cccc3ccccc23)nc2ccccc12)C(=O)NC(N)=O. The maximum absolute atomic E-state index is 13.0. The molecule has 3 amide bonds. The Bertz CT molecular complexity index is 1330. The number of ether oxygens (including phenoxy) is 1. The maximum atomic E-state index is 13.0. The molecule has 31 heavy (non-hydrogen) atoms. The number of urea groups is 1. The van der Waals surface area contributed by atoms with Crippen LogP contribution in [0.4, 0.5) is 4.79 Å². The zero-order valence-corrected chi connectivity index (χ0v) is 16.7. The van der Waals surface area contributed by atoms with Crippen molar-refractivity contribution in [1.29, 1.82) is 0 Å². The summed E-state index contributed by atoms with van der Waals surface area (Å²) in [5.41, 5.74) is 7.33. The molecule has 1 atom stereocenters. The van der Waals surface area contributed by atoms with Gasteiger partial charge >= 0.3 is 12.0 Å². The first-order chi connectivity index (χ1) is 14.9. The monoisotopic (exact) mass is 413 g/mol. The van der Waals surface area contributed by atoms with Crippen molar-refractivity contribution >= 4 is 39.6 Å². The quantitative estimate of drug-likeness (QED) is 0.495. The zero-order valence-electron chi connectivity index (χ0n) is 16.7. The number of pyridine rings is 1. The van der Waals surface area contributed by atoms with Gasteiger partial charge in [-0.15, -0.1) is 0 Å². The molecule has 0 unspecified atom stereocenters. The van der Waals surface area contributed by atoms with Crippen LogP contribution in [0.2, 0.25) is 0 Å². The molecule has 1 heterocycles. The number of nitrogens with one attached hydrogen (secondary N) is 1. The second kappa shape index (κ2) is 8.23. The molecule has 3 N–H and O–H groups in total. The van der Waals surface area contributed by atoms with Crippen LogP contribution < -0.4 is 11.1 Å². The van der Waals surface area contributed by atoms with Crippen molar-refractivity contribution in [2.45, 2.75) is 13.0 Å².